The summed E-state index contributed by atoms with van der Waals surface area (Å²) in [7, 11) is 0. The van der Waals surface area contributed by atoms with Crippen LogP contribution in [0, 0.1) is 0 Å². The van der Waals surface area contributed by atoms with Gasteiger partial charge in [0.15, 0.2) is 0 Å². The number of benzene rings is 1. The first-order valence-corrected chi connectivity index (χ1v) is 4.15. The van der Waals surface area contributed by atoms with Crippen molar-refractivity contribution in [1.29, 1.82) is 0 Å². The Hall–Kier alpha value is -1.28. The molecule has 0 radical (unpaired) electrons. The smallest absolute Gasteiger partial charge is 0.134 e. The van der Waals surface area contributed by atoms with Gasteiger partial charge in [-0.1, -0.05) is 18.2 Å². The average molecular weight is 159 g/mol. The van der Waals surface area contributed by atoms with Crippen molar-refractivity contribution in [1.82, 2.24) is 5.32 Å². The molecule has 3 rings (SSSR count). The van der Waals surface area contributed by atoms with Crippen LogP contribution >= 0.6 is 0 Å². The quantitative estimate of drug-likeness (QED) is 0.646. The van der Waals surface area contributed by atoms with Crippen molar-refractivity contribution in [2.24, 2.45) is 0 Å². The summed E-state index contributed by atoms with van der Waals surface area (Å²) in [5.74, 6) is 1.07. The number of para-hydroxylation sites is 1. The van der Waals surface area contributed by atoms with E-state index in [9.17, 15) is 0 Å². The number of fused-ring (bicyclic) bond motifs is 1. The molecule has 2 nitrogen and oxygen atoms in total. The van der Waals surface area contributed by atoms with E-state index >= 15 is 0 Å². The lowest BCUT2D eigenvalue weighted by molar-refractivity contribution is 0.550. The van der Waals surface area contributed by atoms with Crippen LogP contribution < -0.4 is 5.32 Å². The Morgan fingerprint density at radius 2 is 2.17 bits per heavy atom. The van der Waals surface area contributed by atoms with Crippen LogP contribution in [0.4, 0.5) is 0 Å². The van der Waals surface area contributed by atoms with Gasteiger partial charge in [0.2, 0.25) is 0 Å². The van der Waals surface area contributed by atoms with E-state index in [1.807, 2.05) is 18.2 Å². The number of furan rings is 1. The van der Waals surface area contributed by atoms with Crippen molar-refractivity contribution in [3.63, 3.8) is 0 Å². The molecule has 60 valence electrons. The van der Waals surface area contributed by atoms with Crippen LogP contribution in [0.2, 0.25) is 0 Å². The minimum absolute atomic E-state index is 0.470. The molecule has 12 heavy (non-hydrogen) atoms. The highest BCUT2D eigenvalue weighted by molar-refractivity contribution is 5.77. The first-order valence-electron chi connectivity index (χ1n) is 4.15. The molecule has 0 amide bonds. The van der Waals surface area contributed by atoms with Gasteiger partial charge in [0.1, 0.15) is 11.3 Å². The zero-order valence-corrected chi connectivity index (χ0v) is 6.58. The van der Waals surface area contributed by atoms with Crippen LogP contribution in [-0.4, -0.2) is 6.54 Å². The second-order valence-electron chi connectivity index (χ2n) is 3.15. The first kappa shape index (κ1) is 6.26. The molecule has 2 heterocycles. The molecule has 2 aromatic rings. The van der Waals surface area contributed by atoms with E-state index in [4.69, 9.17) is 4.42 Å². The average Bonchev–Trinajstić information content (AvgIpc) is 2.85. The van der Waals surface area contributed by atoms with Crippen LogP contribution in [0.1, 0.15) is 11.8 Å². The molecule has 0 bridgehead atoms. The monoisotopic (exact) mass is 159 g/mol. The molecule has 0 saturated carbocycles. The number of hydrogen-bond acceptors (Lipinski definition) is 2. The predicted octanol–water partition coefficient (Wildman–Crippen LogP) is 2.08. The summed E-state index contributed by atoms with van der Waals surface area (Å²) in [5.41, 5.74) is 0.987. The molecule has 1 N–H and O–H groups in total. The molecular formula is C10H9NO. The molecule has 0 spiro atoms. The number of nitrogens with one attached hydrogen (secondary N) is 1. The summed E-state index contributed by atoms with van der Waals surface area (Å²) < 4.78 is 5.63. The second kappa shape index (κ2) is 2.11. The van der Waals surface area contributed by atoms with Crippen molar-refractivity contribution < 1.29 is 4.42 Å². The van der Waals surface area contributed by atoms with Gasteiger partial charge in [-0.05, 0) is 12.1 Å². The number of hydrogen-bond donors (Lipinski definition) is 1. The largest absolute Gasteiger partial charge is 0.459 e. The topological polar surface area (TPSA) is 35.1 Å². The highest BCUT2D eigenvalue weighted by Gasteiger charge is 2.25. The van der Waals surface area contributed by atoms with Crippen LogP contribution in [-0.2, 0) is 0 Å². The van der Waals surface area contributed by atoms with E-state index in [0.717, 1.165) is 17.9 Å². The Morgan fingerprint density at radius 1 is 1.33 bits per heavy atom. The lowest BCUT2D eigenvalue weighted by atomic mass is 10.2. The Balaban J connectivity index is 2.23. The van der Waals surface area contributed by atoms with Gasteiger partial charge in [0.25, 0.3) is 0 Å². The van der Waals surface area contributed by atoms with Crippen molar-refractivity contribution in [2.75, 3.05) is 6.54 Å². The first-order chi connectivity index (χ1) is 5.93. The molecule has 2 heteroatoms. The molecule has 1 aromatic heterocycles. The maximum atomic E-state index is 5.63. The van der Waals surface area contributed by atoms with Crippen LogP contribution in [0.25, 0.3) is 11.0 Å². The van der Waals surface area contributed by atoms with Crippen molar-refractivity contribution in [3.05, 3.63) is 36.1 Å². The van der Waals surface area contributed by atoms with Gasteiger partial charge in [-0.25, -0.2) is 0 Å². The van der Waals surface area contributed by atoms with E-state index in [1.54, 1.807) is 0 Å². The van der Waals surface area contributed by atoms with Crippen molar-refractivity contribution in [3.8, 4) is 0 Å². The van der Waals surface area contributed by atoms with Gasteiger partial charge in [-0.15, -0.1) is 0 Å². The molecular weight excluding hydrogens is 150 g/mol. The van der Waals surface area contributed by atoms with Gasteiger partial charge in [0, 0.05) is 11.9 Å². The Labute approximate surface area is 70.2 Å². The maximum Gasteiger partial charge on any atom is 0.134 e. The maximum absolute atomic E-state index is 5.63. The third-order valence-electron chi connectivity index (χ3n) is 2.20. The fourth-order valence-electron chi connectivity index (χ4n) is 1.43. The normalized spacial score (nSPS) is 21.5. The SMILES string of the molecule is c1ccc2oc([C@H]3CN3)cc2c1. The highest BCUT2D eigenvalue weighted by Crippen LogP contribution is 2.27. The minimum atomic E-state index is 0.470. The van der Waals surface area contributed by atoms with Crippen molar-refractivity contribution >= 4 is 11.0 Å². The van der Waals surface area contributed by atoms with Gasteiger partial charge < -0.3 is 9.73 Å². The van der Waals surface area contributed by atoms with E-state index in [2.05, 4.69) is 17.4 Å². The van der Waals surface area contributed by atoms with E-state index in [0.29, 0.717) is 6.04 Å². The van der Waals surface area contributed by atoms with Gasteiger partial charge >= 0.3 is 0 Å². The summed E-state index contributed by atoms with van der Waals surface area (Å²) >= 11 is 0. The van der Waals surface area contributed by atoms with E-state index < -0.39 is 0 Å². The van der Waals surface area contributed by atoms with Gasteiger partial charge in [0.05, 0.1) is 6.04 Å². The molecule has 1 aromatic carbocycles. The Kier molecular flexibility index (Phi) is 1.10. The van der Waals surface area contributed by atoms with E-state index in [1.165, 1.54) is 5.39 Å². The summed E-state index contributed by atoms with van der Waals surface area (Å²) in [6.45, 7) is 1.06. The van der Waals surface area contributed by atoms with E-state index in [-0.39, 0.29) is 0 Å². The molecule has 1 atom stereocenters. The molecule has 1 fully saturated rings. The molecule has 0 aliphatic carbocycles. The molecule has 1 aliphatic heterocycles. The van der Waals surface area contributed by atoms with Crippen LogP contribution in [0.3, 0.4) is 0 Å². The van der Waals surface area contributed by atoms with Crippen molar-refractivity contribution in [2.45, 2.75) is 6.04 Å². The van der Waals surface area contributed by atoms with Crippen LogP contribution in [0.15, 0.2) is 34.7 Å². The molecule has 0 unspecified atom stereocenters. The summed E-state index contributed by atoms with van der Waals surface area (Å²) in [5, 5.41) is 4.41. The zero-order chi connectivity index (χ0) is 7.97. The third kappa shape index (κ3) is 0.850. The summed E-state index contributed by atoms with van der Waals surface area (Å²) in [6, 6.07) is 10.7. The lowest BCUT2D eigenvalue weighted by Crippen LogP contribution is -1.76. The van der Waals surface area contributed by atoms with Gasteiger partial charge in [-0.2, -0.15) is 0 Å². The predicted molar refractivity (Wildman–Crippen MR) is 47.0 cm³/mol. The summed E-state index contributed by atoms with van der Waals surface area (Å²) in [6.07, 6.45) is 0. The fourth-order valence-corrected chi connectivity index (χ4v) is 1.43. The second-order valence-corrected chi connectivity index (χ2v) is 3.15. The van der Waals surface area contributed by atoms with Crippen LogP contribution in [0.5, 0.6) is 0 Å². The molecule has 1 aliphatic rings. The number of rotatable bonds is 1. The van der Waals surface area contributed by atoms with Gasteiger partial charge in [-0.3, -0.25) is 0 Å². The highest BCUT2D eigenvalue weighted by atomic mass is 16.3. The zero-order valence-electron chi connectivity index (χ0n) is 6.58. The summed E-state index contributed by atoms with van der Waals surface area (Å²) in [4.78, 5) is 0. The minimum Gasteiger partial charge on any atom is -0.459 e. The third-order valence-corrected chi connectivity index (χ3v) is 2.20. The Morgan fingerprint density at radius 3 is 2.92 bits per heavy atom. The lowest BCUT2D eigenvalue weighted by Gasteiger charge is -1.84. The standard InChI is InChI=1S/C10H9NO/c1-2-4-9-7(3-1)5-10(12-9)8-6-11-8/h1-5,8,11H,6H2/t8-/m1/s1. The Bertz CT molecular complexity index is 381. The molecule has 1 saturated heterocycles. The fraction of sp³-hybridized carbons (Fsp3) is 0.200.